The smallest absolute Gasteiger partial charge is 0.250 e. The highest BCUT2D eigenvalue weighted by atomic mass is 19.1. The Kier molecular flexibility index (Phi) is 5.25. The van der Waals surface area contributed by atoms with Crippen molar-refractivity contribution in [1.29, 1.82) is 0 Å². The fraction of sp³-hybridized carbons (Fsp3) is 0.217. The van der Waals surface area contributed by atoms with Crippen LogP contribution in [0.3, 0.4) is 0 Å². The lowest BCUT2D eigenvalue weighted by atomic mass is 10.0. The van der Waals surface area contributed by atoms with Gasteiger partial charge in [0.25, 0.3) is 5.56 Å². The zero-order valence-corrected chi connectivity index (χ0v) is 15.9. The van der Waals surface area contributed by atoms with Crippen LogP contribution in [0.25, 0.3) is 11.1 Å². The van der Waals surface area contributed by atoms with Crippen LogP contribution < -0.4 is 5.56 Å². The molecule has 0 saturated carbocycles. The third-order valence-corrected chi connectivity index (χ3v) is 4.90. The maximum Gasteiger partial charge on any atom is 0.250 e. The summed E-state index contributed by atoms with van der Waals surface area (Å²) >= 11 is 0. The van der Waals surface area contributed by atoms with Gasteiger partial charge in [0, 0.05) is 18.8 Å². The first kappa shape index (κ1) is 19.1. The van der Waals surface area contributed by atoms with Crippen molar-refractivity contribution < 1.29 is 13.5 Å². The van der Waals surface area contributed by atoms with E-state index in [0.29, 0.717) is 6.54 Å². The summed E-state index contributed by atoms with van der Waals surface area (Å²) in [5.41, 5.74) is 2.57. The SMILES string of the molecule is CCCn1cc(-c2ccc(C3COC(c4c(F)cccc4F)=N3)cc2)ccc1=O. The number of pyridine rings is 1. The molecule has 1 aliphatic rings. The predicted octanol–water partition coefficient (Wildman–Crippen LogP) is 4.72. The van der Waals surface area contributed by atoms with E-state index in [2.05, 4.69) is 4.99 Å². The van der Waals surface area contributed by atoms with Gasteiger partial charge in [-0.2, -0.15) is 0 Å². The monoisotopic (exact) mass is 394 g/mol. The lowest BCUT2D eigenvalue weighted by Gasteiger charge is -2.09. The lowest BCUT2D eigenvalue weighted by Crippen LogP contribution is -2.18. The van der Waals surface area contributed by atoms with Crippen molar-refractivity contribution in [1.82, 2.24) is 4.57 Å². The summed E-state index contributed by atoms with van der Waals surface area (Å²) in [5, 5.41) is 0. The van der Waals surface area contributed by atoms with Gasteiger partial charge >= 0.3 is 0 Å². The zero-order valence-electron chi connectivity index (χ0n) is 15.9. The van der Waals surface area contributed by atoms with E-state index >= 15 is 0 Å². The Morgan fingerprint density at radius 1 is 1.03 bits per heavy atom. The van der Waals surface area contributed by atoms with Gasteiger partial charge in [-0.3, -0.25) is 4.79 Å². The predicted molar refractivity (Wildman–Crippen MR) is 108 cm³/mol. The first-order valence-corrected chi connectivity index (χ1v) is 9.52. The number of hydrogen-bond donors (Lipinski definition) is 0. The van der Waals surface area contributed by atoms with Gasteiger partial charge < -0.3 is 9.30 Å². The molecule has 0 fully saturated rings. The largest absolute Gasteiger partial charge is 0.475 e. The second-order valence-corrected chi connectivity index (χ2v) is 6.93. The van der Waals surface area contributed by atoms with Crippen LogP contribution in [0.4, 0.5) is 8.78 Å². The zero-order chi connectivity index (χ0) is 20.4. The molecule has 1 atom stereocenters. The maximum absolute atomic E-state index is 14.0. The molecular formula is C23H20F2N2O2. The van der Waals surface area contributed by atoms with Crippen molar-refractivity contribution in [2.24, 2.45) is 4.99 Å². The number of ether oxygens (including phenoxy) is 1. The fourth-order valence-electron chi connectivity index (χ4n) is 3.40. The van der Waals surface area contributed by atoms with Crippen molar-refractivity contribution in [3.8, 4) is 11.1 Å². The molecule has 0 N–H and O–H groups in total. The molecule has 0 spiro atoms. The first-order chi connectivity index (χ1) is 14.1. The molecule has 0 amide bonds. The van der Waals surface area contributed by atoms with Crippen molar-refractivity contribution in [2.45, 2.75) is 25.9 Å². The Hall–Kier alpha value is -3.28. The van der Waals surface area contributed by atoms with Crippen molar-refractivity contribution in [2.75, 3.05) is 6.61 Å². The van der Waals surface area contributed by atoms with Crippen LogP contribution in [0.15, 0.2) is 70.6 Å². The van der Waals surface area contributed by atoms with Crippen LogP contribution in [-0.4, -0.2) is 17.1 Å². The number of hydrogen-bond acceptors (Lipinski definition) is 3. The highest BCUT2D eigenvalue weighted by Gasteiger charge is 2.26. The van der Waals surface area contributed by atoms with E-state index in [9.17, 15) is 13.6 Å². The van der Waals surface area contributed by atoms with E-state index in [4.69, 9.17) is 4.74 Å². The van der Waals surface area contributed by atoms with Crippen LogP contribution in [0, 0.1) is 11.6 Å². The van der Waals surface area contributed by atoms with Gasteiger partial charge in [-0.25, -0.2) is 13.8 Å². The Labute approximate surface area is 167 Å². The number of rotatable bonds is 5. The Balaban J connectivity index is 1.58. The topological polar surface area (TPSA) is 43.6 Å². The van der Waals surface area contributed by atoms with Gasteiger partial charge in [-0.05, 0) is 41.3 Å². The van der Waals surface area contributed by atoms with Gasteiger partial charge in [0.05, 0.1) is 0 Å². The molecule has 6 heteroatoms. The van der Waals surface area contributed by atoms with E-state index in [1.54, 1.807) is 16.7 Å². The number of aliphatic imine (C=N–C) groups is 1. The summed E-state index contributed by atoms with van der Waals surface area (Å²) in [7, 11) is 0. The summed E-state index contributed by atoms with van der Waals surface area (Å²) in [6.07, 6.45) is 2.74. The van der Waals surface area contributed by atoms with Gasteiger partial charge in [-0.1, -0.05) is 37.3 Å². The standard InChI is InChI=1S/C23H20F2N2O2/c1-2-12-27-13-17(10-11-21(27)28)15-6-8-16(9-7-15)20-14-29-23(26-20)22-18(24)4-3-5-19(22)25/h3-11,13,20H,2,12,14H2,1H3. The molecular weight excluding hydrogens is 374 g/mol. The second kappa shape index (κ2) is 7.99. The Morgan fingerprint density at radius 3 is 2.41 bits per heavy atom. The quantitative estimate of drug-likeness (QED) is 0.628. The van der Waals surface area contributed by atoms with E-state index in [1.807, 2.05) is 37.4 Å². The molecule has 0 aliphatic carbocycles. The van der Waals surface area contributed by atoms with Crippen molar-refractivity contribution in [3.63, 3.8) is 0 Å². The third kappa shape index (κ3) is 3.83. The average molecular weight is 394 g/mol. The molecule has 1 unspecified atom stereocenters. The van der Waals surface area contributed by atoms with Crippen molar-refractivity contribution >= 4 is 5.90 Å². The molecule has 4 nitrogen and oxygen atoms in total. The first-order valence-electron chi connectivity index (χ1n) is 9.52. The minimum atomic E-state index is -0.693. The van der Waals surface area contributed by atoms with Crippen LogP contribution in [-0.2, 0) is 11.3 Å². The van der Waals surface area contributed by atoms with Crippen LogP contribution in [0.2, 0.25) is 0 Å². The second-order valence-electron chi connectivity index (χ2n) is 6.93. The fourth-order valence-corrected chi connectivity index (χ4v) is 3.40. The third-order valence-electron chi connectivity index (χ3n) is 4.90. The molecule has 29 heavy (non-hydrogen) atoms. The summed E-state index contributed by atoms with van der Waals surface area (Å²) in [4.78, 5) is 16.3. The highest BCUT2D eigenvalue weighted by Crippen LogP contribution is 2.29. The van der Waals surface area contributed by atoms with Crippen LogP contribution in [0.5, 0.6) is 0 Å². The average Bonchev–Trinajstić information content (AvgIpc) is 3.19. The van der Waals surface area contributed by atoms with E-state index in [0.717, 1.165) is 23.1 Å². The number of nitrogens with zero attached hydrogens (tertiary/aromatic N) is 2. The Bertz CT molecular complexity index is 1100. The van der Waals surface area contributed by atoms with Crippen molar-refractivity contribution in [3.05, 3.63) is 93.9 Å². The number of aryl methyl sites for hydroxylation is 1. The molecule has 0 saturated heterocycles. The lowest BCUT2D eigenvalue weighted by molar-refractivity contribution is 0.317. The van der Waals surface area contributed by atoms with E-state index in [-0.39, 0.29) is 29.7 Å². The summed E-state index contributed by atoms with van der Waals surface area (Å²) in [6.45, 7) is 2.93. The summed E-state index contributed by atoms with van der Waals surface area (Å²) < 4.78 is 35.1. The number of halogens is 2. The van der Waals surface area contributed by atoms with Crippen LogP contribution >= 0.6 is 0 Å². The highest BCUT2D eigenvalue weighted by molar-refractivity contribution is 5.95. The maximum atomic E-state index is 14.0. The molecule has 3 aromatic rings. The normalized spacial score (nSPS) is 15.8. The minimum Gasteiger partial charge on any atom is -0.475 e. The molecule has 1 aliphatic heterocycles. The van der Waals surface area contributed by atoms with E-state index in [1.165, 1.54) is 18.2 Å². The number of aromatic nitrogens is 1. The van der Waals surface area contributed by atoms with E-state index < -0.39 is 11.6 Å². The summed E-state index contributed by atoms with van der Waals surface area (Å²) in [6, 6.07) is 14.5. The molecule has 0 bridgehead atoms. The van der Waals surface area contributed by atoms with Gasteiger partial charge in [0.1, 0.15) is 29.8 Å². The minimum absolute atomic E-state index is 0.0127. The molecule has 148 valence electrons. The molecule has 2 heterocycles. The Morgan fingerprint density at radius 2 is 1.72 bits per heavy atom. The van der Waals surface area contributed by atoms with Gasteiger partial charge in [0.2, 0.25) is 5.90 Å². The molecule has 1 aromatic heterocycles. The summed E-state index contributed by atoms with van der Waals surface area (Å²) in [5.74, 6) is -1.40. The molecule has 0 radical (unpaired) electrons. The molecule has 2 aromatic carbocycles. The molecule has 4 rings (SSSR count). The number of benzene rings is 2. The van der Waals surface area contributed by atoms with Gasteiger partial charge in [-0.15, -0.1) is 0 Å². The van der Waals surface area contributed by atoms with Crippen LogP contribution in [0.1, 0.15) is 30.5 Å². The van der Waals surface area contributed by atoms with Gasteiger partial charge in [0.15, 0.2) is 0 Å².